The lowest BCUT2D eigenvalue weighted by molar-refractivity contribution is -0.160. The molecule has 0 spiro atoms. The number of nitrogens with zero attached hydrogens (tertiary/aromatic N) is 4. The van der Waals surface area contributed by atoms with Gasteiger partial charge in [0.15, 0.2) is 6.10 Å². The summed E-state index contributed by atoms with van der Waals surface area (Å²) in [7, 11) is 1.64. The summed E-state index contributed by atoms with van der Waals surface area (Å²) in [5.74, 6) is -0.976. The van der Waals surface area contributed by atoms with Crippen LogP contribution in [0.2, 0.25) is 0 Å². The van der Waals surface area contributed by atoms with Gasteiger partial charge >= 0.3 is 11.7 Å². The van der Waals surface area contributed by atoms with Crippen molar-refractivity contribution in [1.82, 2.24) is 18.9 Å². The van der Waals surface area contributed by atoms with Crippen LogP contribution in [0.4, 0.5) is 0 Å². The van der Waals surface area contributed by atoms with E-state index in [1.165, 1.54) is 23.0 Å². The highest BCUT2D eigenvalue weighted by Gasteiger charge is 2.28. The summed E-state index contributed by atoms with van der Waals surface area (Å²) in [6, 6.07) is 7.16. The van der Waals surface area contributed by atoms with Gasteiger partial charge in [0.05, 0.1) is 11.0 Å². The van der Waals surface area contributed by atoms with Gasteiger partial charge in [0, 0.05) is 40.2 Å². The van der Waals surface area contributed by atoms with Crippen LogP contribution in [-0.4, -0.2) is 69.0 Å². The number of aryl methyl sites for hydroxylation is 1. The first-order valence-corrected chi connectivity index (χ1v) is 9.17. The van der Waals surface area contributed by atoms with E-state index in [0.29, 0.717) is 37.2 Å². The second-order valence-electron chi connectivity index (χ2n) is 6.88. The lowest BCUT2D eigenvalue weighted by atomic mass is 10.2. The number of fused-ring (bicyclic) bond motifs is 1. The van der Waals surface area contributed by atoms with Gasteiger partial charge in [-0.25, -0.2) is 4.79 Å². The van der Waals surface area contributed by atoms with E-state index in [2.05, 4.69) is 0 Å². The SMILES string of the molecule is CC(=O)N1CCN(C(=O)C(C)OC(=O)Cn2c(=O)n(C)c3ccccc32)CC1. The number of ether oxygens (including phenoxy) is 1. The van der Waals surface area contributed by atoms with Crippen LogP contribution in [0, 0.1) is 0 Å². The minimum atomic E-state index is -0.956. The van der Waals surface area contributed by atoms with Crippen LogP contribution < -0.4 is 5.69 Å². The molecular weight excluding hydrogens is 364 g/mol. The van der Waals surface area contributed by atoms with Crippen molar-refractivity contribution in [2.24, 2.45) is 7.05 Å². The number of piperazine rings is 1. The summed E-state index contributed by atoms with van der Waals surface area (Å²) < 4.78 is 8.07. The molecule has 1 aliphatic heterocycles. The molecule has 0 N–H and O–H groups in total. The van der Waals surface area contributed by atoms with E-state index in [1.807, 2.05) is 6.07 Å². The van der Waals surface area contributed by atoms with Crippen molar-refractivity contribution < 1.29 is 19.1 Å². The van der Waals surface area contributed by atoms with E-state index in [1.54, 1.807) is 35.0 Å². The van der Waals surface area contributed by atoms with E-state index in [4.69, 9.17) is 4.74 Å². The fourth-order valence-corrected chi connectivity index (χ4v) is 3.43. The Morgan fingerprint density at radius 1 is 1.04 bits per heavy atom. The first kappa shape index (κ1) is 19.7. The van der Waals surface area contributed by atoms with E-state index >= 15 is 0 Å². The van der Waals surface area contributed by atoms with Gasteiger partial charge in [-0.3, -0.25) is 23.5 Å². The number of carbonyl (C=O) groups excluding carboxylic acids is 3. The molecule has 28 heavy (non-hydrogen) atoms. The molecule has 9 heteroatoms. The van der Waals surface area contributed by atoms with Gasteiger partial charge in [0.2, 0.25) is 5.91 Å². The van der Waals surface area contributed by atoms with E-state index < -0.39 is 12.1 Å². The standard InChI is InChI=1S/C19H24N4O5/c1-13(18(26)22-10-8-21(9-11-22)14(2)24)28-17(25)12-23-16-7-5-4-6-15(16)20(3)19(23)27/h4-7,13H,8-12H2,1-3H3. The molecule has 1 unspecified atom stereocenters. The highest BCUT2D eigenvalue weighted by molar-refractivity contribution is 5.84. The van der Waals surface area contributed by atoms with Gasteiger partial charge in [-0.1, -0.05) is 12.1 Å². The van der Waals surface area contributed by atoms with Crippen molar-refractivity contribution in [3.05, 3.63) is 34.7 Å². The monoisotopic (exact) mass is 388 g/mol. The Labute approximate surface area is 162 Å². The molecule has 1 fully saturated rings. The Morgan fingerprint density at radius 2 is 1.61 bits per heavy atom. The smallest absolute Gasteiger partial charge is 0.329 e. The number of aromatic nitrogens is 2. The van der Waals surface area contributed by atoms with Gasteiger partial charge < -0.3 is 14.5 Å². The predicted molar refractivity (Wildman–Crippen MR) is 102 cm³/mol. The van der Waals surface area contributed by atoms with Crippen molar-refractivity contribution in [3.63, 3.8) is 0 Å². The van der Waals surface area contributed by atoms with Gasteiger partial charge in [-0.2, -0.15) is 0 Å². The first-order chi connectivity index (χ1) is 13.3. The Morgan fingerprint density at radius 3 is 2.21 bits per heavy atom. The van der Waals surface area contributed by atoms with Crippen LogP contribution in [0.15, 0.2) is 29.1 Å². The third-order valence-corrected chi connectivity index (χ3v) is 5.03. The second-order valence-corrected chi connectivity index (χ2v) is 6.88. The number of imidazole rings is 1. The van der Waals surface area contributed by atoms with Gasteiger partial charge in [0.1, 0.15) is 6.54 Å². The number of para-hydroxylation sites is 2. The Balaban J connectivity index is 1.62. The molecule has 150 valence electrons. The number of esters is 1. The molecule has 0 aliphatic carbocycles. The number of amides is 2. The fraction of sp³-hybridized carbons (Fsp3) is 0.474. The minimum absolute atomic E-state index is 0.0212. The van der Waals surface area contributed by atoms with E-state index in [0.717, 1.165) is 0 Å². The lowest BCUT2D eigenvalue weighted by Crippen LogP contribution is -2.52. The van der Waals surface area contributed by atoms with Crippen LogP contribution in [0.25, 0.3) is 11.0 Å². The zero-order valence-electron chi connectivity index (χ0n) is 16.3. The summed E-state index contributed by atoms with van der Waals surface area (Å²) in [6.07, 6.45) is -0.956. The minimum Gasteiger partial charge on any atom is -0.451 e. The van der Waals surface area contributed by atoms with Crippen molar-refractivity contribution in [1.29, 1.82) is 0 Å². The summed E-state index contributed by atoms with van der Waals surface area (Å²) in [5.41, 5.74) is 1.02. The van der Waals surface area contributed by atoms with Crippen LogP contribution in [0.3, 0.4) is 0 Å². The molecule has 1 atom stereocenters. The number of benzene rings is 1. The summed E-state index contributed by atoms with van der Waals surface area (Å²) in [6.45, 7) is 4.49. The maximum atomic E-state index is 12.5. The number of rotatable bonds is 4. The van der Waals surface area contributed by atoms with E-state index in [9.17, 15) is 19.2 Å². The normalized spacial score (nSPS) is 15.5. The molecule has 0 radical (unpaired) electrons. The number of hydrogen-bond donors (Lipinski definition) is 0. The van der Waals surface area contributed by atoms with Crippen molar-refractivity contribution >= 4 is 28.8 Å². The Bertz CT molecular complexity index is 968. The molecule has 3 rings (SSSR count). The largest absolute Gasteiger partial charge is 0.451 e. The fourth-order valence-electron chi connectivity index (χ4n) is 3.43. The van der Waals surface area contributed by atoms with Crippen LogP contribution >= 0.6 is 0 Å². The summed E-state index contributed by atoms with van der Waals surface area (Å²) >= 11 is 0. The molecular formula is C19H24N4O5. The molecule has 1 saturated heterocycles. The molecule has 1 aliphatic rings. The maximum absolute atomic E-state index is 12.5. The van der Waals surface area contributed by atoms with Crippen LogP contribution in [0.5, 0.6) is 0 Å². The third kappa shape index (κ3) is 3.78. The van der Waals surface area contributed by atoms with Gasteiger partial charge in [-0.05, 0) is 19.1 Å². The lowest BCUT2D eigenvalue weighted by Gasteiger charge is -2.35. The molecule has 1 aromatic carbocycles. The number of hydrogen-bond acceptors (Lipinski definition) is 5. The molecule has 9 nitrogen and oxygen atoms in total. The topological polar surface area (TPSA) is 93.9 Å². The Kier molecular flexibility index (Phi) is 5.53. The van der Waals surface area contributed by atoms with Crippen LogP contribution in [-0.2, 0) is 32.7 Å². The quantitative estimate of drug-likeness (QED) is 0.686. The second kappa shape index (κ2) is 7.87. The number of carbonyl (C=O) groups is 3. The summed E-state index contributed by atoms with van der Waals surface area (Å²) in [4.78, 5) is 51.9. The summed E-state index contributed by atoms with van der Waals surface area (Å²) in [5, 5.41) is 0. The van der Waals surface area contributed by atoms with Crippen molar-refractivity contribution in [3.8, 4) is 0 Å². The van der Waals surface area contributed by atoms with Gasteiger partial charge in [-0.15, -0.1) is 0 Å². The average molecular weight is 388 g/mol. The first-order valence-electron chi connectivity index (χ1n) is 9.17. The molecule has 2 aromatic rings. The zero-order chi connectivity index (χ0) is 20.4. The van der Waals surface area contributed by atoms with E-state index in [-0.39, 0.29) is 24.0 Å². The van der Waals surface area contributed by atoms with Crippen molar-refractivity contribution in [2.45, 2.75) is 26.5 Å². The predicted octanol–water partition coefficient (Wildman–Crippen LogP) is -0.0376. The average Bonchev–Trinajstić information content (AvgIpc) is 2.92. The van der Waals surface area contributed by atoms with Gasteiger partial charge in [0.25, 0.3) is 5.91 Å². The zero-order valence-corrected chi connectivity index (χ0v) is 16.3. The Hall–Kier alpha value is -3.10. The third-order valence-electron chi connectivity index (χ3n) is 5.03. The molecule has 2 amide bonds. The van der Waals surface area contributed by atoms with Crippen LogP contribution in [0.1, 0.15) is 13.8 Å². The molecule has 0 bridgehead atoms. The highest BCUT2D eigenvalue weighted by Crippen LogP contribution is 2.12. The highest BCUT2D eigenvalue weighted by atomic mass is 16.5. The van der Waals surface area contributed by atoms with Crippen molar-refractivity contribution in [2.75, 3.05) is 26.2 Å². The molecule has 0 saturated carbocycles. The molecule has 2 heterocycles. The maximum Gasteiger partial charge on any atom is 0.329 e. The molecule has 1 aromatic heterocycles.